The van der Waals surface area contributed by atoms with Crippen LogP contribution in [-0.2, 0) is 0 Å². The molecule has 1 unspecified atom stereocenters. The average Bonchev–Trinajstić information content (AvgIpc) is 2.69. The standard InChI is InChI=1S/C14H15ClO2/c1-8-6-10(3)12(7-9(8)2)13(16)11-4-5-17-14(11)15/h4-7,13,16H,1-3H3. The van der Waals surface area contributed by atoms with E-state index >= 15 is 0 Å². The van der Waals surface area contributed by atoms with Crippen LogP contribution >= 0.6 is 11.6 Å². The third-order valence-corrected chi connectivity index (χ3v) is 3.42. The van der Waals surface area contributed by atoms with Gasteiger partial charge in [-0.1, -0.05) is 12.1 Å². The van der Waals surface area contributed by atoms with Crippen LogP contribution in [0.2, 0.25) is 5.22 Å². The number of aliphatic hydroxyl groups is 1. The molecule has 0 aliphatic heterocycles. The van der Waals surface area contributed by atoms with Crippen molar-refractivity contribution in [2.24, 2.45) is 0 Å². The number of furan rings is 1. The van der Waals surface area contributed by atoms with Crippen molar-refractivity contribution in [3.63, 3.8) is 0 Å². The number of hydrogen-bond acceptors (Lipinski definition) is 2. The van der Waals surface area contributed by atoms with Crippen LogP contribution < -0.4 is 0 Å². The summed E-state index contributed by atoms with van der Waals surface area (Å²) >= 11 is 5.88. The summed E-state index contributed by atoms with van der Waals surface area (Å²) in [5.41, 5.74) is 4.91. The van der Waals surface area contributed by atoms with Gasteiger partial charge in [-0.3, -0.25) is 0 Å². The van der Waals surface area contributed by atoms with Crippen LogP contribution in [0.4, 0.5) is 0 Å². The Morgan fingerprint density at radius 1 is 1.06 bits per heavy atom. The quantitative estimate of drug-likeness (QED) is 0.876. The van der Waals surface area contributed by atoms with E-state index in [1.807, 2.05) is 19.9 Å². The maximum Gasteiger partial charge on any atom is 0.199 e. The first kappa shape index (κ1) is 12.2. The first-order chi connectivity index (χ1) is 8.00. The van der Waals surface area contributed by atoms with Gasteiger partial charge in [-0.15, -0.1) is 0 Å². The normalized spacial score (nSPS) is 12.8. The number of benzene rings is 1. The van der Waals surface area contributed by atoms with E-state index in [4.69, 9.17) is 16.0 Å². The van der Waals surface area contributed by atoms with Crippen LogP contribution in [0.15, 0.2) is 28.9 Å². The van der Waals surface area contributed by atoms with E-state index in [1.165, 1.54) is 11.8 Å². The summed E-state index contributed by atoms with van der Waals surface area (Å²) in [4.78, 5) is 0. The average molecular weight is 251 g/mol. The molecule has 2 aromatic rings. The number of rotatable bonds is 2. The van der Waals surface area contributed by atoms with Crippen molar-refractivity contribution >= 4 is 11.6 Å². The molecule has 90 valence electrons. The molecule has 1 aromatic carbocycles. The first-order valence-electron chi connectivity index (χ1n) is 5.49. The highest BCUT2D eigenvalue weighted by atomic mass is 35.5. The summed E-state index contributed by atoms with van der Waals surface area (Å²) in [6.07, 6.45) is 0.748. The second-order valence-electron chi connectivity index (χ2n) is 4.35. The number of hydrogen-bond donors (Lipinski definition) is 1. The van der Waals surface area contributed by atoms with E-state index < -0.39 is 6.10 Å². The molecule has 0 aliphatic carbocycles. The second-order valence-corrected chi connectivity index (χ2v) is 4.69. The van der Waals surface area contributed by atoms with Crippen molar-refractivity contribution in [1.29, 1.82) is 0 Å². The largest absolute Gasteiger partial charge is 0.453 e. The van der Waals surface area contributed by atoms with Crippen LogP contribution in [0.1, 0.15) is 33.9 Å². The zero-order chi connectivity index (χ0) is 12.6. The zero-order valence-corrected chi connectivity index (χ0v) is 10.9. The molecule has 0 saturated carbocycles. The second kappa shape index (κ2) is 4.55. The minimum atomic E-state index is -0.736. The number of halogens is 1. The van der Waals surface area contributed by atoms with Crippen molar-refractivity contribution in [1.82, 2.24) is 0 Å². The van der Waals surface area contributed by atoms with Gasteiger partial charge in [0.25, 0.3) is 0 Å². The van der Waals surface area contributed by atoms with Gasteiger partial charge in [0, 0.05) is 5.56 Å². The van der Waals surface area contributed by atoms with Gasteiger partial charge in [0.2, 0.25) is 0 Å². The molecular formula is C14H15ClO2. The summed E-state index contributed by atoms with van der Waals surface area (Å²) in [7, 11) is 0. The summed E-state index contributed by atoms with van der Waals surface area (Å²) < 4.78 is 5.01. The van der Waals surface area contributed by atoms with Gasteiger partial charge in [0.1, 0.15) is 6.10 Å². The molecule has 0 bridgehead atoms. The molecule has 2 nitrogen and oxygen atoms in total. The molecule has 1 heterocycles. The number of aryl methyl sites for hydroxylation is 3. The minimum Gasteiger partial charge on any atom is -0.453 e. The predicted molar refractivity (Wildman–Crippen MR) is 68.4 cm³/mol. The molecule has 1 aromatic heterocycles. The van der Waals surface area contributed by atoms with Crippen molar-refractivity contribution in [2.75, 3.05) is 0 Å². The summed E-state index contributed by atoms with van der Waals surface area (Å²) in [6.45, 7) is 6.07. The third-order valence-electron chi connectivity index (χ3n) is 3.12. The Morgan fingerprint density at radius 2 is 1.71 bits per heavy atom. The molecule has 0 fully saturated rings. The molecule has 0 amide bonds. The Kier molecular flexibility index (Phi) is 3.27. The smallest absolute Gasteiger partial charge is 0.199 e. The SMILES string of the molecule is Cc1cc(C)c(C(O)c2ccoc2Cl)cc1C. The monoisotopic (exact) mass is 250 g/mol. The van der Waals surface area contributed by atoms with E-state index in [9.17, 15) is 5.11 Å². The van der Waals surface area contributed by atoms with Gasteiger partial charge in [-0.2, -0.15) is 0 Å². The van der Waals surface area contributed by atoms with E-state index in [1.54, 1.807) is 6.07 Å². The summed E-state index contributed by atoms with van der Waals surface area (Å²) in [6, 6.07) is 5.77. The molecule has 0 aliphatic rings. The van der Waals surface area contributed by atoms with Crippen LogP contribution in [0.25, 0.3) is 0 Å². The van der Waals surface area contributed by atoms with E-state index in [2.05, 4.69) is 13.0 Å². The zero-order valence-electron chi connectivity index (χ0n) is 10.1. The molecule has 1 atom stereocenters. The van der Waals surface area contributed by atoms with E-state index in [0.717, 1.165) is 16.7 Å². The number of aliphatic hydroxyl groups excluding tert-OH is 1. The highest BCUT2D eigenvalue weighted by Crippen LogP contribution is 2.31. The lowest BCUT2D eigenvalue weighted by atomic mass is 9.95. The predicted octanol–water partition coefficient (Wildman–Crippen LogP) is 3.94. The Hall–Kier alpha value is -1.25. The Bertz CT molecular complexity index is 543. The van der Waals surface area contributed by atoms with Gasteiger partial charge in [-0.05, 0) is 60.7 Å². The van der Waals surface area contributed by atoms with Crippen molar-refractivity contribution in [3.8, 4) is 0 Å². The Balaban J connectivity index is 2.48. The lowest BCUT2D eigenvalue weighted by molar-refractivity contribution is 0.218. The van der Waals surface area contributed by atoms with Crippen LogP contribution in [0.5, 0.6) is 0 Å². The van der Waals surface area contributed by atoms with E-state index in [-0.39, 0.29) is 5.22 Å². The Labute approximate surface area is 106 Å². The van der Waals surface area contributed by atoms with E-state index in [0.29, 0.717) is 5.56 Å². The molecule has 3 heteroatoms. The molecular weight excluding hydrogens is 236 g/mol. The highest BCUT2D eigenvalue weighted by molar-refractivity contribution is 6.29. The van der Waals surface area contributed by atoms with Gasteiger partial charge >= 0.3 is 0 Å². The molecule has 1 N–H and O–H groups in total. The third kappa shape index (κ3) is 2.24. The van der Waals surface area contributed by atoms with Crippen LogP contribution in [0.3, 0.4) is 0 Å². The van der Waals surface area contributed by atoms with Gasteiger partial charge in [0.15, 0.2) is 5.22 Å². The fourth-order valence-corrected chi connectivity index (χ4v) is 2.16. The van der Waals surface area contributed by atoms with Crippen molar-refractivity contribution in [3.05, 3.63) is 57.5 Å². The lowest BCUT2D eigenvalue weighted by Gasteiger charge is -2.15. The molecule has 2 rings (SSSR count). The maximum atomic E-state index is 10.3. The summed E-state index contributed by atoms with van der Waals surface area (Å²) in [5, 5.41) is 10.6. The van der Waals surface area contributed by atoms with Crippen molar-refractivity contribution < 1.29 is 9.52 Å². The van der Waals surface area contributed by atoms with Crippen LogP contribution in [-0.4, -0.2) is 5.11 Å². The first-order valence-corrected chi connectivity index (χ1v) is 5.87. The maximum absolute atomic E-state index is 10.3. The van der Waals surface area contributed by atoms with Gasteiger partial charge in [0.05, 0.1) is 6.26 Å². The van der Waals surface area contributed by atoms with Gasteiger partial charge in [-0.25, -0.2) is 0 Å². The molecule has 0 radical (unpaired) electrons. The molecule has 0 saturated heterocycles. The fraction of sp³-hybridized carbons (Fsp3) is 0.286. The fourth-order valence-electron chi connectivity index (χ4n) is 1.94. The topological polar surface area (TPSA) is 33.4 Å². The molecule has 0 spiro atoms. The lowest BCUT2D eigenvalue weighted by Crippen LogP contribution is -2.02. The van der Waals surface area contributed by atoms with Gasteiger partial charge < -0.3 is 9.52 Å². The Morgan fingerprint density at radius 3 is 2.29 bits per heavy atom. The minimum absolute atomic E-state index is 0.245. The van der Waals surface area contributed by atoms with Crippen LogP contribution in [0, 0.1) is 20.8 Å². The highest BCUT2D eigenvalue weighted by Gasteiger charge is 2.18. The summed E-state index contributed by atoms with van der Waals surface area (Å²) in [5.74, 6) is 0. The molecule has 17 heavy (non-hydrogen) atoms. The van der Waals surface area contributed by atoms with Crippen molar-refractivity contribution in [2.45, 2.75) is 26.9 Å².